The van der Waals surface area contributed by atoms with E-state index in [-0.39, 0.29) is 28.4 Å². The molecular weight excluding hydrogens is 477 g/mol. The van der Waals surface area contributed by atoms with Crippen LogP contribution in [0.2, 0.25) is 0 Å². The van der Waals surface area contributed by atoms with Crippen molar-refractivity contribution >= 4 is 47.6 Å². The first-order valence-electron chi connectivity index (χ1n) is 12.4. The molecular formula is C26H36BN3O5S. The van der Waals surface area contributed by atoms with Crippen molar-refractivity contribution in [3.05, 3.63) is 36.0 Å². The number of thioether (sulfide) groups is 1. The highest BCUT2D eigenvalue weighted by molar-refractivity contribution is 8.00. The zero-order valence-corrected chi connectivity index (χ0v) is 23.0. The Bertz CT molecular complexity index is 1050. The summed E-state index contributed by atoms with van der Waals surface area (Å²) in [6, 6.07) is 7.59. The number of amides is 2. The molecule has 0 radical (unpaired) electrons. The maximum atomic E-state index is 13.4. The average molecular weight is 513 g/mol. The molecule has 1 aromatic carbocycles. The van der Waals surface area contributed by atoms with Crippen molar-refractivity contribution in [2.75, 3.05) is 19.4 Å². The van der Waals surface area contributed by atoms with Crippen LogP contribution in [0.15, 0.2) is 35.5 Å². The highest BCUT2D eigenvalue weighted by Gasteiger charge is 2.51. The van der Waals surface area contributed by atoms with Crippen molar-refractivity contribution in [1.29, 1.82) is 0 Å². The minimum Gasteiger partial charge on any atom is -0.453 e. The summed E-state index contributed by atoms with van der Waals surface area (Å²) in [4.78, 5) is 31.7. The SMILES string of the molecule is COC(=O)N[C@H](C(=O)N1CCS[C@H]1C1=NC=C(c2ccc(B3OC(C)(C)C(C)(C)O3)cc2)C1)C(C)C. The minimum absolute atomic E-state index is 0.0652. The molecule has 1 aromatic rings. The number of ether oxygens (including phenoxy) is 1. The van der Waals surface area contributed by atoms with Crippen molar-refractivity contribution in [1.82, 2.24) is 10.2 Å². The smallest absolute Gasteiger partial charge is 0.453 e. The molecule has 3 aliphatic heterocycles. The summed E-state index contributed by atoms with van der Waals surface area (Å²) in [5, 5.41) is 2.55. The zero-order valence-electron chi connectivity index (χ0n) is 22.2. The molecule has 2 saturated heterocycles. The van der Waals surface area contributed by atoms with E-state index in [0.717, 1.165) is 28.1 Å². The van der Waals surface area contributed by atoms with E-state index in [4.69, 9.17) is 19.0 Å². The van der Waals surface area contributed by atoms with Crippen LogP contribution in [0.5, 0.6) is 0 Å². The molecule has 0 spiro atoms. The van der Waals surface area contributed by atoms with Crippen molar-refractivity contribution in [3.63, 3.8) is 0 Å². The van der Waals surface area contributed by atoms with Gasteiger partial charge in [0.1, 0.15) is 11.4 Å². The molecule has 0 aromatic heterocycles. The van der Waals surface area contributed by atoms with Gasteiger partial charge in [0.2, 0.25) is 5.91 Å². The Labute approximate surface area is 218 Å². The molecule has 0 unspecified atom stereocenters. The number of alkyl carbamates (subject to hydrolysis) is 1. The number of hydrogen-bond donors (Lipinski definition) is 1. The first-order chi connectivity index (χ1) is 16.9. The molecule has 8 nitrogen and oxygen atoms in total. The summed E-state index contributed by atoms with van der Waals surface area (Å²) < 4.78 is 17.1. The number of hydrogen-bond acceptors (Lipinski definition) is 7. The van der Waals surface area contributed by atoms with Gasteiger partial charge < -0.3 is 24.3 Å². The molecule has 1 N–H and O–H groups in total. The van der Waals surface area contributed by atoms with E-state index in [1.54, 1.807) is 11.8 Å². The van der Waals surface area contributed by atoms with Crippen molar-refractivity contribution < 1.29 is 23.6 Å². The standard InChI is InChI=1S/C26H36BN3O5S/c1-16(2)21(29-24(32)33-7)22(31)30-12-13-36-23(30)20-14-18(15-28-20)17-8-10-19(11-9-17)27-34-25(3,4)26(5,6)35-27/h8-11,15-16,21,23H,12-14H2,1-7H3,(H,29,32)/t21-,23-/m0/s1. The van der Waals surface area contributed by atoms with Gasteiger partial charge >= 0.3 is 13.2 Å². The van der Waals surface area contributed by atoms with Crippen LogP contribution >= 0.6 is 11.8 Å². The zero-order chi connectivity index (χ0) is 26.3. The Morgan fingerprint density at radius 1 is 1.17 bits per heavy atom. The van der Waals surface area contributed by atoms with Crippen LogP contribution in [0.1, 0.15) is 53.5 Å². The fourth-order valence-corrected chi connectivity index (χ4v) is 5.71. The molecule has 10 heteroatoms. The van der Waals surface area contributed by atoms with Crippen LogP contribution in [0.25, 0.3) is 5.57 Å². The van der Waals surface area contributed by atoms with Crippen LogP contribution in [-0.4, -0.2) is 71.8 Å². The van der Waals surface area contributed by atoms with Gasteiger partial charge in [0, 0.05) is 24.9 Å². The highest BCUT2D eigenvalue weighted by atomic mass is 32.2. The van der Waals surface area contributed by atoms with E-state index >= 15 is 0 Å². The molecule has 0 saturated carbocycles. The first kappa shape index (κ1) is 26.8. The predicted octanol–water partition coefficient (Wildman–Crippen LogP) is 3.45. The van der Waals surface area contributed by atoms with E-state index in [1.807, 2.05) is 64.8 Å². The van der Waals surface area contributed by atoms with Crippen molar-refractivity contribution in [3.8, 4) is 0 Å². The Morgan fingerprint density at radius 2 is 1.81 bits per heavy atom. The minimum atomic E-state index is -0.643. The Kier molecular flexibility index (Phi) is 7.60. The van der Waals surface area contributed by atoms with Gasteiger partial charge in [-0.2, -0.15) is 0 Å². The topological polar surface area (TPSA) is 89.5 Å². The van der Waals surface area contributed by atoms with Gasteiger partial charge in [-0.1, -0.05) is 38.1 Å². The van der Waals surface area contributed by atoms with Crippen LogP contribution in [-0.2, 0) is 18.8 Å². The van der Waals surface area contributed by atoms with Crippen LogP contribution in [0, 0.1) is 5.92 Å². The number of nitrogens with zero attached hydrogens (tertiary/aromatic N) is 2. The van der Waals surface area contributed by atoms with E-state index in [0.29, 0.717) is 13.0 Å². The summed E-state index contributed by atoms with van der Waals surface area (Å²) in [6.07, 6.45) is 1.97. The summed E-state index contributed by atoms with van der Waals surface area (Å²) in [7, 11) is 0.907. The lowest BCUT2D eigenvalue weighted by molar-refractivity contribution is -0.133. The van der Waals surface area contributed by atoms with Crippen molar-refractivity contribution in [2.45, 2.75) is 70.6 Å². The van der Waals surface area contributed by atoms with E-state index in [9.17, 15) is 9.59 Å². The average Bonchev–Trinajstić information content (AvgIpc) is 3.54. The fraction of sp³-hybridized carbons (Fsp3) is 0.577. The number of benzene rings is 1. The van der Waals surface area contributed by atoms with Crippen molar-refractivity contribution in [2.24, 2.45) is 10.9 Å². The number of carbonyl (C=O) groups excluding carboxylic acids is 2. The maximum Gasteiger partial charge on any atom is 0.494 e. The van der Waals surface area contributed by atoms with E-state index in [2.05, 4.69) is 17.4 Å². The summed E-state index contributed by atoms with van der Waals surface area (Å²) >= 11 is 1.71. The number of aliphatic imine (C=N–C) groups is 1. The molecule has 0 bridgehead atoms. The third-order valence-corrected chi connectivity index (χ3v) is 8.68. The Morgan fingerprint density at radius 3 is 2.39 bits per heavy atom. The predicted molar refractivity (Wildman–Crippen MR) is 144 cm³/mol. The molecule has 36 heavy (non-hydrogen) atoms. The third kappa shape index (κ3) is 5.22. The normalized spacial score (nSPS) is 23.5. The lowest BCUT2D eigenvalue weighted by atomic mass is 9.78. The van der Waals surface area contributed by atoms with Gasteiger partial charge in [0.15, 0.2) is 0 Å². The summed E-state index contributed by atoms with van der Waals surface area (Å²) in [5.74, 6) is 0.661. The van der Waals surface area contributed by atoms with E-state index in [1.165, 1.54) is 7.11 Å². The molecule has 3 aliphatic rings. The molecule has 194 valence electrons. The maximum absolute atomic E-state index is 13.4. The van der Waals surface area contributed by atoms with Crippen LogP contribution in [0.4, 0.5) is 4.79 Å². The third-order valence-electron chi connectivity index (χ3n) is 7.42. The lowest BCUT2D eigenvalue weighted by Gasteiger charge is -2.32. The first-order valence-corrected chi connectivity index (χ1v) is 13.5. The molecule has 2 fully saturated rings. The second kappa shape index (κ2) is 10.2. The number of methoxy groups -OCH3 is 1. The van der Waals surface area contributed by atoms with Gasteiger partial charge in [-0.15, -0.1) is 11.8 Å². The quantitative estimate of drug-likeness (QED) is 0.587. The second-order valence-electron chi connectivity index (χ2n) is 10.8. The molecule has 2 atom stereocenters. The highest BCUT2D eigenvalue weighted by Crippen LogP contribution is 2.37. The summed E-state index contributed by atoms with van der Waals surface area (Å²) in [5.41, 5.74) is 3.38. The van der Waals surface area contributed by atoms with E-state index < -0.39 is 19.3 Å². The van der Waals surface area contributed by atoms with Gasteiger partial charge in [0.05, 0.1) is 24.0 Å². The Hall–Kier alpha value is -2.30. The molecule has 3 heterocycles. The Balaban J connectivity index is 1.41. The van der Waals surface area contributed by atoms with Gasteiger partial charge in [0.25, 0.3) is 0 Å². The van der Waals surface area contributed by atoms with Gasteiger partial charge in [-0.05, 0) is 50.2 Å². The summed E-state index contributed by atoms with van der Waals surface area (Å²) in [6.45, 7) is 12.6. The fourth-order valence-electron chi connectivity index (χ4n) is 4.46. The van der Waals surface area contributed by atoms with Crippen LogP contribution < -0.4 is 10.8 Å². The number of nitrogens with one attached hydrogen (secondary N) is 1. The number of carbonyl (C=O) groups is 2. The molecule has 2 amide bonds. The monoisotopic (exact) mass is 513 g/mol. The number of rotatable bonds is 6. The second-order valence-corrected chi connectivity index (χ2v) is 12.0. The lowest BCUT2D eigenvalue weighted by Crippen LogP contribution is -2.53. The largest absolute Gasteiger partial charge is 0.494 e. The molecule has 0 aliphatic carbocycles. The van der Waals surface area contributed by atoms with Gasteiger partial charge in [-0.3, -0.25) is 9.79 Å². The molecule has 4 rings (SSSR count). The van der Waals surface area contributed by atoms with Gasteiger partial charge in [-0.25, -0.2) is 4.79 Å². The van der Waals surface area contributed by atoms with Crippen LogP contribution in [0.3, 0.4) is 0 Å². The number of allylic oxidation sites excluding steroid dienone is 1.